The van der Waals surface area contributed by atoms with E-state index in [0.29, 0.717) is 12.1 Å². The molecule has 2 aromatic carbocycles. The third kappa shape index (κ3) is 5.33. The van der Waals surface area contributed by atoms with Crippen LogP contribution in [0.2, 0.25) is 0 Å². The van der Waals surface area contributed by atoms with Crippen LogP contribution in [0.5, 0.6) is 0 Å². The molecule has 1 aliphatic rings. The fourth-order valence-corrected chi connectivity index (χ4v) is 4.38. The third-order valence-electron chi connectivity index (χ3n) is 5.02. The van der Waals surface area contributed by atoms with Gasteiger partial charge < -0.3 is 9.80 Å². The van der Waals surface area contributed by atoms with E-state index in [1.807, 2.05) is 0 Å². The molecule has 3 rings (SSSR count). The van der Waals surface area contributed by atoms with E-state index in [9.17, 15) is 23.3 Å². The van der Waals surface area contributed by atoms with E-state index in [-0.39, 0.29) is 22.2 Å². The molecule has 0 atom stereocenters. The van der Waals surface area contributed by atoms with Crippen LogP contribution in [-0.4, -0.2) is 62.3 Å². The van der Waals surface area contributed by atoms with Crippen LogP contribution < -0.4 is 4.72 Å². The number of hydrogen-bond acceptors (Lipinski definition) is 6. The zero-order valence-electron chi connectivity index (χ0n) is 16.7. The molecule has 30 heavy (non-hydrogen) atoms. The number of nitrogens with one attached hydrogen (secondary N) is 1. The number of rotatable bonds is 8. The van der Waals surface area contributed by atoms with Crippen LogP contribution >= 0.6 is 0 Å². The van der Waals surface area contributed by atoms with Crippen LogP contribution in [0.3, 0.4) is 0 Å². The number of likely N-dealkylation sites (tertiary alicyclic amines) is 1. The Morgan fingerprint density at radius 2 is 1.83 bits per heavy atom. The van der Waals surface area contributed by atoms with Crippen molar-refractivity contribution in [2.24, 2.45) is 0 Å². The first-order valence-electron chi connectivity index (χ1n) is 9.61. The number of hydrogen-bond donors (Lipinski definition) is 1. The molecule has 1 N–H and O–H groups in total. The molecule has 1 amide bonds. The Balaban J connectivity index is 1.64. The summed E-state index contributed by atoms with van der Waals surface area (Å²) in [6.07, 6.45) is 2.40. The second-order valence-electron chi connectivity index (χ2n) is 7.21. The van der Waals surface area contributed by atoms with Gasteiger partial charge in [-0.15, -0.1) is 0 Å². The molecule has 0 bridgehead atoms. The Bertz CT molecular complexity index is 1020. The summed E-state index contributed by atoms with van der Waals surface area (Å²) in [6.45, 7) is 3.60. The van der Waals surface area contributed by atoms with Gasteiger partial charge in [0.15, 0.2) is 0 Å². The van der Waals surface area contributed by atoms with Gasteiger partial charge in [-0.05, 0) is 56.3 Å². The highest BCUT2D eigenvalue weighted by Gasteiger charge is 2.19. The predicted octanol–water partition coefficient (Wildman–Crippen LogP) is 2.56. The number of benzene rings is 2. The van der Waals surface area contributed by atoms with E-state index in [4.69, 9.17) is 0 Å². The SMILES string of the molecule is CN(CCN1CCCC1)C(=O)c1ccc(NS(=O)(=O)c2cccc([N+](=O)[O-])c2)cc1. The monoisotopic (exact) mass is 432 g/mol. The summed E-state index contributed by atoms with van der Waals surface area (Å²) < 4.78 is 27.4. The van der Waals surface area contributed by atoms with Gasteiger partial charge in [-0.2, -0.15) is 0 Å². The number of nitro groups is 1. The summed E-state index contributed by atoms with van der Waals surface area (Å²) in [7, 11) is -2.24. The number of anilines is 1. The van der Waals surface area contributed by atoms with Gasteiger partial charge >= 0.3 is 0 Å². The molecule has 1 aliphatic heterocycles. The maximum absolute atomic E-state index is 12.6. The number of nitro benzene ring substituents is 1. The quantitative estimate of drug-likeness (QED) is 0.507. The lowest BCUT2D eigenvalue weighted by atomic mass is 10.2. The van der Waals surface area contributed by atoms with Gasteiger partial charge in [0.05, 0.1) is 9.82 Å². The van der Waals surface area contributed by atoms with Crippen LogP contribution in [-0.2, 0) is 10.0 Å². The lowest BCUT2D eigenvalue weighted by Crippen LogP contribution is -2.35. The molecule has 1 heterocycles. The average molecular weight is 433 g/mol. The molecular formula is C20H24N4O5S. The van der Waals surface area contributed by atoms with Gasteiger partial charge in [0.2, 0.25) is 0 Å². The number of nitrogens with zero attached hydrogens (tertiary/aromatic N) is 3. The van der Waals surface area contributed by atoms with Crippen molar-refractivity contribution in [3.63, 3.8) is 0 Å². The molecule has 0 unspecified atom stereocenters. The minimum absolute atomic E-state index is 0.137. The van der Waals surface area contributed by atoms with Crippen LogP contribution in [0.1, 0.15) is 23.2 Å². The summed E-state index contributed by atoms with van der Waals surface area (Å²) in [5.74, 6) is -0.137. The highest BCUT2D eigenvalue weighted by molar-refractivity contribution is 7.92. The van der Waals surface area contributed by atoms with Crippen molar-refractivity contribution in [3.05, 3.63) is 64.2 Å². The number of sulfonamides is 1. The zero-order chi connectivity index (χ0) is 21.7. The molecule has 2 aromatic rings. The minimum Gasteiger partial charge on any atom is -0.340 e. The Labute approximate surface area is 175 Å². The Kier molecular flexibility index (Phi) is 6.68. The van der Waals surface area contributed by atoms with E-state index in [2.05, 4.69) is 9.62 Å². The molecule has 1 saturated heterocycles. The summed E-state index contributed by atoms with van der Waals surface area (Å²) in [5.41, 5.74) is 0.408. The van der Waals surface area contributed by atoms with Crippen LogP contribution in [0.4, 0.5) is 11.4 Å². The van der Waals surface area contributed by atoms with Gasteiger partial charge in [0, 0.05) is 43.5 Å². The van der Waals surface area contributed by atoms with Gasteiger partial charge in [0.1, 0.15) is 0 Å². The summed E-state index contributed by atoms with van der Waals surface area (Å²) in [6, 6.07) is 10.9. The van der Waals surface area contributed by atoms with Gasteiger partial charge in [-0.1, -0.05) is 6.07 Å². The molecule has 0 saturated carbocycles. The molecule has 0 aromatic heterocycles. The molecule has 1 fully saturated rings. The molecule has 160 valence electrons. The molecule has 10 heteroatoms. The average Bonchev–Trinajstić information content (AvgIpc) is 3.25. The lowest BCUT2D eigenvalue weighted by molar-refractivity contribution is -0.385. The fourth-order valence-electron chi connectivity index (χ4n) is 3.28. The van der Waals surface area contributed by atoms with Crippen LogP contribution in [0.15, 0.2) is 53.4 Å². The van der Waals surface area contributed by atoms with E-state index in [1.54, 1.807) is 24.1 Å². The Morgan fingerprint density at radius 3 is 2.47 bits per heavy atom. The fraction of sp³-hybridized carbons (Fsp3) is 0.350. The summed E-state index contributed by atoms with van der Waals surface area (Å²) >= 11 is 0. The predicted molar refractivity (Wildman–Crippen MR) is 113 cm³/mol. The molecule has 0 spiro atoms. The second-order valence-corrected chi connectivity index (χ2v) is 8.90. The first-order chi connectivity index (χ1) is 14.3. The number of likely N-dealkylation sites (N-methyl/N-ethyl adjacent to an activating group) is 1. The van der Waals surface area contributed by atoms with Gasteiger partial charge in [0.25, 0.3) is 21.6 Å². The number of non-ortho nitro benzene ring substituents is 1. The van der Waals surface area contributed by atoms with Crippen molar-refractivity contribution in [2.75, 3.05) is 37.9 Å². The minimum atomic E-state index is -3.99. The summed E-state index contributed by atoms with van der Waals surface area (Å²) in [4.78, 5) is 26.6. The van der Waals surface area contributed by atoms with E-state index < -0.39 is 14.9 Å². The van der Waals surface area contributed by atoms with E-state index in [0.717, 1.165) is 25.7 Å². The topological polar surface area (TPSA) is 113 Å². The highest BCUT2D eigenvalue weighted by atomic mass is 32.2. The number of carbonyl (C=O) groups excluding carboxylic acids is 1. The van der Waals surface area contributed by atoms with Crippen molar-refractivity contribution < 1.29 is 18.1 Å². The number of amides is 1. The maximum Gasteiger partial charge on any atom is 0.270 e. The smallest absolute Gasteiger partial charge is 0.270 e. The third-order valence-corrected chi connectivity index (χ3v) is 6.40. The van der Waals surface area contributed by atoms with Gasteiger partial charge in [-0.25, -0.2) is 8.42 Å². The summed E-state index contributed by atoms with van der Waals surface area (Å²) in [5, 5.41) is 10.9. The van der Waals surface area contributed by atoms with Gasteiger partial charge in [-0.3, -0.25) is 19.6 Å². The molecular weight excluding hydrogens is 408 g/mol. The van der Waals surface area contributed by atoms with Crippen molar-refractivity contribution >= 4 is 27.3 Å². The standard InChI is InChI=1S/C20H24N4O5S/c1-22(13-14-23-11-2-3-12-23)20(25)16-7-9-17(10-8-16)21-30(28,29)19-6-4-5-18(15-19)24(26)27/h4-10,15,21H,2-3,11-14H2,1H3. The van der Waals surface area contributed by atoms with Crippen molar-refractivity contribution in [3.8, 4) is 0 Å². The van der Waals surface area contributed by atoms with E-state index in [1.165, 1.54) is 43.2 Å². The number of carbonyl (C=O) groups is 1. The maximum atomic E-state index is 12.6. The van der Waals surface area contributed by atoms with Crippen LogP contribution in [0.25, 0.3) is 0 Å². The Morgan fingerprint density at radius 1 is 1.17 bits per heavy atom. The highest BCUT2D eigenvalue weighted by Crippen LogP contribution is 2.21. The zero-order valence-corrected chi connectivity index (χ0v) is 17.5. The van der Waals surface area contributed by atoms with Crippen molar-refractivity contribution in [1.29, 1.82) is 0 Å². The molecule has 0 aliphatic carbocycles. The lowest BCUT2D eigenvalue weighted by Gasteiger charge is -2.21. The second kappa shape index (κ2) is 9.23. The van der Waals surface area contributed by atoms with Crippen molar-refractivity contribution in [1.82, 2.24) is 9.80 Å². The van der Waals surface area contributed by atoms with E-state index >= 15 is 0 Å². The van der Waals surface area contributed by atoms with Crippen LogP contribution in [0, 0.1) is 10.1 Å². The molecule has 9 nitrogen and oxygen atoms in total. The first-order valence-corrected chi connectivity index (χ1v) is 11.1. The molecule has 0 radical (unpaired) electrons. The Hall–Kier alpha value is -2.98. The largest absolute Gasteiger partial charge is 0.340 e. The van der Waals surface area contributed by atoms with Crippen molar-refractivity contribution in [2.45, 2.75) is 17.7 Å². The first kappa shape index (κ1) is 21.7. The normalized spacial score (nSPS) is 14.4.